The zero-order valence-corrected chi connectivity index (χ0v) is 10.4. The van der Waals surface area contributed by atoms with Gasteiger partial charge < -0.3 is 9.88 Å². The van der Waals surface area contributed by atoms with Crippen molar-refractivity contribution in [3.63, 3.8) is 0 Å². The van der Waals surface area contributed by atoms with Gasteiger partial charge in [-0.25, -0.2) is 4.98 Å². The Labute approximate surface area is 100 Å². The molecule has 5 heteroatoms. The van der Waals surface area contributed by atoms with Crippen LogP contribution in [0.5, 0.6) is 0 Å². The van der Waals surface area contributed by atoms with Gasteiger partial charge in [-0.15, -0.1) is 0 Å². The maximum atomic E-state index is 4.42. The summed E-state index contributed by atoms with van der Waals surface area (Å²) in [4.78, 5) is 7.01. The summed E-state index contributed by atoms with van der Waals surface area (Å²) >= 11 is 1.99. The third-order valence-electron chi connectivity index (χ3n) is 3.67. The quantitative estimate of drug-likeness (QED) is 0.809. The molecule has 16 heavy (non-hydrogen) atoms. The molecule has 0 aliphatic carbocycles. The molecule has 3 heterocycles. The summed E-state index contributed by atoms with van der Waals surface area (Å²) in [7, 11) is 0. The minimum Gasteiger partial charge on any atom is -0.333 e. The Morgan fingerprint density at radius 2 is 2.38 bits per heavy atom. The molecule has 88 valence electrons. The molecule has 0 bridgehead atoms. The Hall–Kier alpha value is -0.520. The molecule has 4 nitrogen and oxygen atoms in total. The van der Waals surface area contributed by atoms with E-state index in [0.717, 1.165) is 38.0 Å². The van der Waals surface area contributed by atoms with E-state index in [1.807, 2.05) is 18.0 Å². The van der Waals surface area contributed by atoms with Gasteiger partial charge in [-0.2, -0.15) is 11.8 Å². The lowest BCUT2D eigenvalue weighted by atomic mass is 10.2. The summed E-state index contributed by atoms with van der Waals surface area (Å²) in [5.41, 5.74) is 0. The molecule has 0 aromatic carbocycles. The van der Waals surface area contributed by atoms with E-state index in [9.17, 15) is 0 Å². The molecule has 0 spiro atoms. The van der Waals surface area contributed by atoms with Crippen molar-refractivity contribution in [1.29, 1.82) is 0 Å². The van der Waals surface area contributed by atoms with Crippen LogP contribution in [0.25, 0.3) is 0 Å². The summed E-state index contributed by atoms with van der Waals surface area (Å²) in [6.07, 6.45) is 6.22. The number of aromatic nitrogens is 2. The smallest absolute Gasteiger partial charge is 0.122 e. The maximum Gasteiger partial charge on any atom is 0.122 e. The van der Waals surface area contributed by atoms with Gasteiger partial charge in [0.2, 0.25) is 0 Å². The van der Waals surface area contributed by atoms with Crippen molar-refractivity contribution in [2.45, 2.75) is 24.4 Å². The SMILES string of the molecule is CSC1CNCC1N1CCn2ccnc2C1. The molecule has 2 aliphatic heterocycles. The first-order valence-corrected chi connectivity index (χ1v) is 7.15. The van der Waals surface area contributed by atoms with Gasteiger partial charge in [-0.05, 0) is 6.26 Å². The highest BCUT2D eigenvalue weighted by Gasteiger charge is 2.33. The molecule has 0 radical (unpaired) electrons. The molecule has 1 aromatic rings. The van der Waals surface area contributed by atoms with E-state index < -0.39 is 0 Å². The van der Waals surface area contributed by atoms with Crippen molar-refractivity contribution in [1.82, 2.24) is 19.8 Å². The first kappa shape index (κ1) is 10.6. The first-order valence-electron chi connectivity index (χ1n) is 5.86. The summed E-state index contributed by atoms with van der Waals surface area (Å²) in [6.45, 7) is 5.54. The number of thioether (sulfide) groups is 1. The summed E-state index contributed by atoms with van der Waals surface area (Å²) < 4.78 is 2.27. The van der Waals surface area contributed by atoms with Gasteiger partial charge in [-0.1, -0.05) is 0 Å². The molecule has 0 saturated carbocycles. The largest absolute Gasteiger partial charge is 0.333 e. The molecule has 1 N–H and O–H groups in total. The molecule has 2 atom stereocenters. The fraction of sp³-hybridized carbons (Fsp3) is 0.727. The second-order valence-corrected chi connectivity index (χ2v) is 5.58. The molecule has 0 amide bonds. The average Bonchev–Trinajstić information content (AvgIpc) is 2.96. The lowest BCUT2D eigenvalue weighted by molar-refractivity contribution is 0.165. The van der Waals surface area contributed by atoms with Crippen LogP contribution in [0.2, 0.25) is 0 Å². The highest BCUT2D eigenvalue weighted by molar-refractivity contribution is 7.99. The lowest BCUT2D eigenvalue weighted by Gasteiger charge is -2.34. The fourth-order valence-corrected chi connectivity index (χ4v) is 3.59. The van der Waals surface area contributed by atoms with Gasteiger partial charge in [0, 0.05) is 49.9 Å². The fourth-order valence-electron chi connectivity index (χ4n) is 2.72. The summed E-state index contributed by atoms with van der Waals surface area (Å²) in [6, 6.07) is 0.681. The first-order chi connectivity index (χ1) is 7.88. The Kier molecular flexibility index (Phi) is 2.91. The van der Waals surface area contributed by atoms with Crippen LogP contribution in [0.1, 0.15) is 5.82 Å². The number of fused-ring (bicyclic) bond motifs is 1. The molecular weight excluding hydrogens is 220 g/mol. The minimum atomic E-state index is 0.681. The number of hydrogen-bond donors (Lipinski definition) is 1. The normalized spacial score (nSPS) is 30.6. The lowest BCUT2D eigenvalue weighted by Crippen LogP contribution is -2.46. The van der Waals surface area contributed by atoms with Gasteiger partial charge in [-0.3, -0.25) is 4.90 Å². The van der Waals surface area contributed by atoms with Crippen molar-refractivity contribution in [3.8, 4) is 0 Å². The van der Waals surface area contributed by atoms with Crippen LogP contribution in [0, 0.1) is 0 Å². The predicted molar refractivity (Wildman–Crippen MR) is 66.6 cm³/mol. The Morgan fingerprint density at radius 3 is 3.25 bits per heavy atom. The second kappa shape index (κ2) is 4.39. The van der Waals surface area contributed by atoms with E-state index in [0.29, 0.717) is 6.04 Å². The van der Waals surface area contributed by atoms with Crippen LogP contribution in [-0.2, 0) is 13.1 Å². The molecule has 1 aromatic heterocycles. The van der Waals surface area contributed by atoms with Crippen molar-refractivity contribution >= 4 is 11.8 Å². The number of nitrogens with one attached hydrogen (secondary N) is 1. The van der Waals surface area contributed by atoms with Crippen LogP contribution in [0.3, 0.4) is 0 Å². The number of rotatable bonds is 2. The van der Waals surface area contributed by atoms with Crippen LogP contribution >= 0.6 is 11.8 Å². The zero-order chi connectivity index (χ0) is 11.0. The van der Waals surface area contributed by atoms with E-state index in [1.165, 1.54) is 5.82 Å². The van der Waals surface area contributed by atoms with Crippen molar-refractivity contribution in [2.24, 2.45) is 0 Å². The zero-order valence-electron chi connectivity index (χ0n) is 9.59. The number of imidazole rings is 1. The molecule has 1 fully saturated rings. The van der Waals surface area contributed by atoms with Gasteiger partial charge in [0.05, 0.1) is 6.54 Å². The standard InChI is InChI=1S/C11H18N4S/c1-16-10-7-12-6-9(10)15-5-4-14-3-2-13-11(14)8-15/h2-3,9-10,12H,4-8H2,1H3. The van der Waals surface area contributed by atoms with Crippen molar-refractivity contribution < 1.29 is 0 Å². The monoisotopic (exact) mass is 238 g/mol. The van der Waals surface area contributed by atoms with Crippen LogP contribution in [-0.4, -0.2) is 51.6 Å². The van der Waals surface area contributed by atoms with Crippen LogP contribution in [0.4, 0.5) is 0 Å². The third-order valence-corrected chi connectivity index (χ3v) is 4.76. The topological polar surface area (TPSA) is 33.1 Å². The molecular formula is C11H18N4S. The summed E-state index contributed by atoms with van der Waals surface area (Å²) in [5, 5.41) is 4.24. The van der Waals surface area contributed by atoms with Gasteiger partial charge in [0.25, 0.3) is 0 Å². The van der Waals surface area contributed by atoms with Crippen molar-refractivity contribution in [3.05, 3.63) is 18.2 Å². The van der Waals surface area contributed by atoms with Gasteiger partial charge in [0.15, 0.2) is 0 Å². The number of hydrogen-bond acceptors (Lipinski definition) is 4. The average molecular weight is 238 g/mol. The van der Waals surface area contributed by atoms with Gasteiger partial charge >= 0.3 is 0 Å². The maximum absolute atomic E-state index is 4.42. The highest BCUT2D eigenvalue weighted by Crippen LogP contribution is 2.23. The van der Waals surface area contributed by atoms with E-state index in [-0.39, 0.29) is 0 Å². The van der Waals surface area contributed by atoms with E-state index in [2.05, 4.69) is 32.2 Å². The summed E-state index contributed by atoms with van der Waals surface area (Å²) in [5.74, 6) is 1.22. The predicted octanol–water partition coefficient (Wildman–Crippen LogP) is 0.402. The molecule has 1 saturated heterocycles. The number of nitrogens with zero attached hydrogens (tertiary/aromatic N) is 3. The van der Waals surface area contributed by atoms with E-state index in [1.54, 1.807) is 0 Å². The molecule has 2 aliphatic rings. The Bertz CT molecular complexity index is 365. The van der Waals surface area contributed by atoms with Crippen LogP contribution < -0.4 is 5.32 Å². The van der Waals surface area contributed by atoms with E-state index in [4.69, 9.17) is 0 Å². The van der Waals surface area contributed by atoms with Gasteiger partial charge in [0.1, 0.15) is 5.82 Å². The third kappa shape index (κ3) is 1.77. The molecule has 2 unspecified atom stereocenters. The molecule has 3 rings (SSSR count). The Morgan fingerprint density at radius 1 is 1.44 bits per heavy atom. The minimum absolute atomic E-state index is 0.681. The van der Waals surface area contributed by atoms with E-state index >= 15 is 0 Å². The Balaban J connectivity index is 1.73. The second-order valence-electron chi connectivity index (χ2n) is 4.51. The van der Waals surface area contributed by atoms with Crippen molar-refractivity contribution in [2.75, 3.05) is 25.9 Å². The van der Waals surface area contributed by atoms with Crippen LogP contribution in [0.15, 0.2) is 12.4 Å². The highest BCUT2D eigenvalue weighted by atomic mass is 32.2.